The normalized spacial score (nSPS) is 12.1. The third-order valence-corrected chi connectivity index (χ3v) is 3.53. The van der Waals surface area contributed by atoms with Crippen LogP contribution in [0, 0.1) is 10.1 Å². The summed E-state index contributed by atoms with van der Waals surface area (Å²) in [5.41, 5.74) is 1.23. The van der Waals surface area contributed by atoms with E-state index in [-0.39, 0.29) is 11.7 Å². The van der Waals surface area contributed by atoms with Gasteiger partial charge in [0.15, 0.2) is 0 Å². The minimum absolute atomic E-state index is 0.000262. The van der Waals surface area contributed by atoms with Crippen molar-refractivity contribution in [1.82, 2.24) is 9.88 Å². The quantitative estimate of drug-likeness (QED) is 0.628. The first kappa shape index (κ1) is 15.9. The van der Waals surface area contributed by atoms with Gasteiger partial charge in [-0.3, -0.25) is 10.1 Å². The van der Waals surface area contributed by atoms with E-state index in [2.05, 4.69) is 27.3 Å². The highest BCUT2D eigenvalue weighted by Crippen LogP contribution is 2.20. The highest BCUT2D eigenvalue weighted by molar-refractivity contribution is 5.55. The van der Waals surface area contributed by atoms with Crippen molar-refractivity contribution >= 4 is 11.5 Å². The Hall–Kier alpha value is -2.47. The second-order valence-corrected chi connectivity index (χ2v) is 5.32. The van der Waals surface area contributed by atoms with Crippen molar-refractivity contribution in [3.8, 4) is 0 Å². The van der Waals surface area contributed by atoms with Gasteiger partial charge in [0.2, 0.25) is 5.82 Å². The second-order valence-electron chi connectivity index (χ2n) is 5.32. The van der Waals surface area contributed by atoms with Gasteiger partial charge in [0.1, 0.15) is 0 Å². The number of likely N-dealkylation sites (N-methyl/N-ethyl adjacent to an activating group) is 1. The molecule has 1 aromatic heterocycles. The largest absolute Gasteiger partial charge is 0.363 e. The molecule has 1 atom stereocenters. The summed E-state index contributed by atoms with van der Waals surface area (Å²) in [6, 6.07) is 13.4. The fraction of sp³-hybridized carbons (Fsp3) is 0.312. The highest BCUT2D eigenvalue weighted by Gasteiger charge is 2.17. The molecule has 0 spiro atoms. The SMILES string of the molecule is CN(C)C(CNc1ncccc1[N+](=O)[O-])Cc1ccccc1. The molecule has 0 saturated heterocycles. The Balaban J connectivity index is 2.05. The van der Waals surface area contributed by atoms with E-state index in [0.717, 1.165) is 6.42 Å². The van der Waals surface area contributed by atoms with Gasteiger partial charge >= 0.3 is 5.69 Å². The van der Waals surface area contributed by atoms with E-state index >= 15 is 0 Å². The summed E-state index contributed by atoms with van der Waals surface area (Å²) in [6.07, 6.45) is 2.42. The Labute approximate surface area is 129 Å². The Bertz CT molecular complexity index is 617. The fourth-order valence-corrected chi connectivity index (χ4v) is 2.22. The zero-order valence-corrected chi connectivity index (χ0v) is 12.8. The van der Waals surface area contributed by atoms with Crippen molar-refractivity contribution in [1.29, 1.82) is 0 Å². The number of benzene rings is 1. The maximum atomic E-state index is 11.0. The molecule has 1 heterocycles. The van der Waals surface area contributed by atoms with E-state index in [4.69, 9.17) is 0 Å². The number of hydrogen-bond acceptors (Lipinski definition) is 5. The monoisotopic (exact) mass is 300 g/mol. The molecule has 0 amide bonds. The van der Waals surface area contributed by atoms with Crippen molar-refractivity contribution < 1.29 is 4.92 Å². The van der Waals surface area contributed by atoms with E-state index in [1.54, 1.807) is 12.3 Å². The number of hydrogen-bond donors (Lipinski definition) is 1. The Kier molecular flexibility index (Phi) is 5.43. The number of rotatable bonds is 7. The molecule has 1 unspecified atom stereocenters. The number of anilines is 1. The van der Waals surface area contributed by atoms with Crippen LogP contribution in [-0.2, 0) is 6.42 Å². The Morgan fingerprint density at radius 3 is 2.59 bits per heavy atom. The molecule has 0 aliphatic heterocycles. The van der Waals surface area contributed by atoms with Crippen LogP contribution in [0.4, 0.5) is 11.5 Å². The first-order chi connectivity index (χ1) is 10.6. The molecule has 0 bridgehead atoms. The molecule has 0 fully saturated rings. The van der Waals surface area contributed by atoms with Gasteiger partial charge in [-0.15, -0.1) is 0 Å². The molecule has 1 aromatic carbocycles. The van der Waals surface area contributed by atoms with Crippen molar-refractivity contribution in [2.45, 2.75) is 12.5 Å². The number of nitrogens with one attached hydrogen (secondary N) is 1. The van der Waals surface area contributed by atoms with Crippen LogP contribution in [-0.4, -0.2) is 41.5 Å². The van der Waals surface area contributed by atoms with Crippen LogP contribution in [0.2, 0.25) is 0 Å². The lowest BCUT2D eigenvalue weighted by molar-refractivity contribution is -0.384. The number of pyridine rings is 1. The molecule has 0 aliphatic carbocycles. The molecule has 0 aliphatic rings. The van der Waals surface area contributed by atoms with Crippen LogP contribution in [0.15, 0.2) is 48.7 Å². The second kappa shape index (κ2) is 7.51. The molecule has 116 valence electrons. The molecular weight excluding hydrogens is 280 g/mol. The van der Waals surface area contributed by atoms with Crippen LogP contribution >= 0.6 is 0 Å². The number of aromatic nitrogens is 1. The maximum absolute atomic E-state index is 11.0. The summed E-state index contributed by atoms with van der Waals surface area (Å²) in [5, 5.41) is 14.1. The van der Waals surface area contributed by atoms with Crippen molar-refractivity contribution in [3.05, 3.63) is 64.3 Å². The average Bonchev–Trinajstić information content (AvgIpc) is 2.52. The molecule has 6 heteroatoms. The minimum Gasteiger partial charge on any atom is -0.363 e. The van der Waals surface area contributed by atoms with Gasteiger partial charge in [-0.2, -0.15) is 0 Å². The summed E-state index contributed by atoms with van der Waals surface area (Å²) in [5.74, 6) is 0.312. The van der Waals surface area contributed by atoms with E-state index in [9.17, 15) is 10.1 Å². The van der Waals surface area contributed by atoms with E-state index < -0.39 is 4.92 Å². The Morgan fingerprint density at radius 2 is 1.95 bits per heavy atom. The first-order valence-corrected chi connectivity index (χ1v) is 7.11. The standard InChI is InChI=1S/C16H20N4O2/c1-19(2)14(11-13-7-4-3-5-8-13)12-18-16-15(20(21)22)9-6-10-17-16/h3-10,14H,11-12H2,1-2H3,(H,17,18). The summed E-state index contributed by atoms with van der Waals surface area (Å²) in [6.45, 7) is 0.583. The third kappa shape index (κ3) is 4.26. The van der Waals surface area contributed by atoms with E-state index in [1.165, 1.54) is 11.6 Å². The predicted octanol–water partition coefficient (Wildman–Crippen LogP) is 2.57. The van der Waals surface area contributed by atoms with Crippen molar-refractivity contribution in [3.63, 3.8) is 0 Å². The van der Waals surface area contributed by atoms with Crippen molar-refractivity contribution in [2.75, 3.05) is 26.0 Å². The number of nitrogens with zero attached hydrogens (tertiary/aromatic N) is 3. The lowest BCUT2D eigenvalue weighted by Gasteiger charge is -2.25. The topological polar surface area (TPSA) is 71.3 Å². The smallest absolute Gasteiger partial charge is 0.311 e. The predicted molar refractivity (Wildman–Crippen MR) is 87.0 cm³/mol. The molecule has 2 aromatic rings. The van der Waals surface area contributed by atoms with Crippen molar-refractivity contribution in [2.24, 2.45) is 0 Å². The molecule has 1 N–H and O–H groups in total. The molecular formula is C16H20N4O2. The zero-order chi connectivity index (χ0) is 15.9. The molecule has 6 nitrogen and oxygen atoms in total. The van der Waals surface area contributed by atoms with Crippen LogP contribution in [0.1, 0.15) is 5.56 Å². The van der Waals surface area contributed by atoms with Crippen LogP contribution < -0.4 is 5.32 Å². The lowest BCUT2D eigenvalue weighted by atomic mass is 10.1. The summed E-state index contributed by atoms with van der Waals surface area (Å²) >= 11 is 0. The Morgan fingerprint density at radius 1 is 1.23 bits per heavy atom. The van der Waals surface area contributed by atoms with Crippen LogP contribution in [0.5, 0.6) is 0 Å². The van der Waals surface area contributed by atoms with Gasteiger partial charge in [-0.1, -0.05) is 30.3 Å². The van der Waals surface area contributed by atoms with Crippen LogP contribution in [0.3, 0.4) is 0 Å². The zero-order valence-electron chi connectivity index (χ0n) is 12.8. The molecule has 22 heavy (non-hydrogen) atoms. The summed E-state index contributed by atoms with van der Waals surface area (Å²) in [7, 11) is 4.00. The molecule has 2 rings (SSSR count). The summed E-state index contributed by atoms with van der Waals surface area (Å²) in [4.78, 5) is 16.8. The lowest BCUT2D eigenvalue weighted by Crippen LogP contribution is -2.36. The van der Waals surface area contributed by atoms with Gasteiger partial charge in [0.05, 0.1) is 4.92 Å². The number of nitro groups is 1. The fourth-order valence-electron chi connectivity index (χ4n) is 2.22. The van der Waals surface area contributed by atoms with Crippen LogP contribution in [0.25, 0.3) is 0 Å². The maximum Gasteiger partial charge on any atom is 0.311 e. The molecule has 0 radical (unpaired) electrons. The van der Waals surface area contributed by atoms with E-state index in [0.29, 0.717) is 12.4 Å². The van der Waals surface area contributed by atoms with Gasteiger partial charge in [-0.05, 0) is 32.1 Å². The van der Waals surface area contributed by atoms with Gasteiger partial charge < -0.3 is 10.2 Å². The van der Waals surface area contributed by atoms with Gasteiger partial charge in [0.25, 0.3) is 0 Å². The first-order valence-electron chi connectivity index (χ1n) is 7.11. The van der Waals surface area contributed by atoms with Gasteiger partial charge in [-0.25, -0.2) is 4.98 Å². The minimum atomic E-state index is -0.419. The third-order valence-electron chi connectivity index (χ3n) is 3.53. The molecule has 0 saturated carbocycles. The van der Waals surface area contributed by atoms with Gasteiger partial charge in [0, 0.05) is 24.8 Å². The average molecular weight is 300 g/mol. The van der Waals surface area contributed by atoms with E-state index in [1.807, 2.05) is 32.3 Å². The highest BCUT2D eigenvalue weighted by atomic mass is 16.6. The summed E-state index contributed by atoms with van der Waals surface area (Å²) < 4.78 is 0.